The van der Waals surface area contributed by atoms with Gasteiger partial charge >= 0.3 is 0 Å². The topological polar surface area (TPSA) is 29.9 Å². The van der Waals surface area contributed by atoms with E-state index in [-0.39, 0.29) is 0 Å². The van der Waals surface area contributed by atoms with Crippen molar-refractivity contribution in [2.45, 2.75) is 32.6 Å². The third-order valence-corrected chi connectivity index (χ3v) is 5.38. The Morgan fingerprint density at radius 3 is 2.68 bits per heavy atom. The lowest BCUT2D eigenvalue weighted by Crippen LogP contribution is -2.08. The summed E-state index contributed by atoms with van der Waals surface area (Å²) in [5.74, 6) is 1.16. The van der Waals surface area contributed by atoms with E-state index >= 15 is 0 Å². The van der Waals surface area contributed by atoms with E-state index in [1.807, 2.05) is 0 Å². The van der Waals surface area contributed by atoms with Gasteiger partial charge in [0.2, 0.25) is 0 Å². The molecule has 0 saturated carbocycles. The van der Waals surface area contributed by atoms with Crippen LogP contribution in [0.4, 0.5) is 5.82 Å². The molecular formula is C21H22BrN3. The van der Waals surface area contributed by atoms with Gasteiger partial charge in [-0.2, -0.15) is 5.10 Å². The molecular weight excluding hydrogens is 374 g/mol. The first-order chi connectivity index (χ1) is 12.3. The molecule has 1 N–H and O–H groups in total. The van der Waals surface area contributed by atoms with Gasteiger partial charge in [0, 0.05) is 22.1 Å². The lowest BCUT2D eigenvalue weighted by Gasteiger charge is -2.12. The largest absolute Gasteiger partial charge is 0.370 e. The minimum absolute atomic E-state index is 0.998. The number of benzene rings is 2. The van der Waals surface area contributed by atoms with Gasteiger partial charge in [0.05, 0.1) is 11.4 Å². The molecule has 0 bridgehead atoms. The lowest BCUT2D eigenvalue weighted by molar-refractivity contribution is 0.779. The molecule has 4 rings (SSSR count). The van der Waals surface area contributed by atoms with Crippen LogP contribution in [0.3, 0.4) is 0 Å². The molecule has 3 nitrogen and oxygen atoms in total. The molecule has 3 aromatic rings. The van der Waals surface area contributed by atoms with Crippen molar-refractivity contribution in [2.75, 3.05) is 11.9 Å². The maximum absolute atomic E-state index is 5.05. The molecule has 0 saturated heterocycles. The summed E-state index contributed by atoms with van der Waals surface area (Å²) in [4.78, 5) is 0. The number of rotatable bonds is 3. The molecule has 25 heavy (non-hydrogen) atoms. The van der Waals surface area contributed by atoms with Gasteiger partial charge in [0.25, 0.3) is 0 Å². The third-order valence-electron chi connectivity index (χ3n) is 4.85. The van der Waals surface area contributed by atoms with Gasteiger partial charge in [0.1, 0.15) is 5.82 Å². The molecule has 0 spiro atoms. The Hall–Kier alpha value is -2.07. The fourth-order valence-electron chi connectivity index (χ4n) is 3.53. The van der Waals surface area contributed by atoms with Crippen LogP contribution in [-0.2, 0) is 12.8 Å². The van der Waals surface area contributed by atoms with Gasteiger partial charge in [0.15, 0.2) is 0 Å². The van der Waals surface area contributed by atoms with E-state index in [0.717, 1.165) is 35.4 Å². The third kappa shape index (κ3) is 3.11. The monoisotopic (exact) mass is 395 g/mol. The van der Waals surface area contributed by atoms with Crippen LogP contribution in [0.25, 0.3) is 16.9 Å². The Labute approximate surface area is 157 Å². The summed E-state index contributed by atoms with van der Waals surface area (Å²) in [5, 5.41) is 8.69. The highest BCUT2D eigenvalue weighted by atomic mass is 79.9. The molecule has 4 heteroatoms. The van der Waals surface area contributed by atoms with Crippen molar-refractivity contribution in [1.82, 2.24) is 9.78 Å². The number of aryl methyl sites for hydroxylation is 1. The average Bonchev–Trinajstić information content (AvgIpc) is 2.83. The number of aromatic nitrogens is 2. The first kappa shape index (κ1) is 16.4. The van der Waals surface area contributed by atoms with Crippen LogP contribution in [-0.4, -0.2) is 16.3 Å². The average molecular weight is 396 g/mol. The second kappa shape index (κ2) is 7.04. The second-order valence-corrected chi connectivity index (χ2v) is 7.38. The van der Waals surface area contributed by atoms with Crippen LogP contribution < -0.4 is 5.32 Å². The molecule has 0 radical (unpaired) electrons. The summed E-state index contributed by atoms with van der Waals surface area (Å²) in [6.07, 6.45) is 4.47. The van der Waals surface area contributed by atoms with E-state index in [9.17, 15) is 0 Å². The molecule has 0 aliphatic carbocycles. The zero-order chi connectivity index (χ0) is 17.2. The number of anilines is 1. The highest BCUT2D eigenvalue weighted by Crippen LogP contribution is 2.35. The minimum atomic E-state index is 0.998. The Kier molecular flexibility index (Phi) is 4.62. The predicted molar refractivity (Wildman–Crippen MR) is 108 cm³/mol. The van der Waals surface area contributed by atoms with Gasteiger partial charge in [-0.1, -0.05) is 53.2 Å². The van der Waals surface area contributed by atoms with Crippen molar-refractivity contribution in [3.8, 4) is 16.9 Å². The van der Waals surface area contributed by atoms with E-state index in [2.05, 4.69) is 81.4 Å². The second-order valence-electron chi connectivity index (χ2n) is 6.46. The number of nitrogens with zero attached hydrogens (tertiary/aromatic N) is 2. The SMILES string of the molecule is CCc1ccccc1-n1nc(-c2ccc(Br)cc2)c2c1NCCCC2. The first-order valence-corrected chi connectivity index (χ1v) is 9.77. The van der Waals surface area contributed by atoms with Crippen LogP contribution >= 0.6 is 15.9 Å². The van der Waals surface area contributed by atoms with Crippen molar-refractivity contribution in [3.63, 3.8) is 0 Å². The van der Waals surface area contributed by atoms with Crippen LogP contribution in [0.5, 0.6) is 0 Å². The zero-order valence-electron chi connectivity index (χ0n) is 14.4. The van der Waals surface area contributed by atoms with Crippen molar-refractivity contribution in [2.24, 2.45) is 0 Å². The van der Waals surface area contributed by atoms with E-state index in [1.54, 1.807) is 0 Å². The molecule has 0 amide bonds. The Balaban J connectivity index is 1.92. The smallest absolute Gasteiger partial charge is 0.133 e. The van der Waals surface area contributed by atoms with E-state index < -0.39 is 0 Å². The Morgan fingerprint density at radius 1 is 1.08 bits per heavy atom. The number of fused-ring (bicyclic) bond motifs is 1. The van der Waals surface area contributed by atoms with Gasteiger partial charge in [-0.15, -0.1) is 0 Å². The summed E-state index contributed by atoms with van der Waals surface area (Å²) in [6, 6.07) is 17.0. The maximum atomic E-state index is 5.05. The van der Waals surface area contributed by atoms with Crippen molar-refractivity contribution >= 4 is 21.7 Å². The minimum Gasteiger partial charge on any atom is -0.370 e. The van der Waals surface area contributed by atoms with Crippen LogP contribution in [0.1, 0.15) is 30.9 Å². The normalized spacial score (nSPS) is 13.8. The Morgan fingerprint density at radius 2 is 1.88 bits per heavy atom. The highest BCUT2D eigenvalue weighted by molar-refractivity contribution is 9.10. The zero-order valence-corrected chi connectivity index (χ0v) is 16.0. The quantitative estimate of drug-likeness (QED) is 0.624. The number of nitrogens with one attached hydrogen (secondary N) is 1. The van der Waals surface area contributed by atoms with Crippen molar-refractivity contribution in [3.05, 3.63) is 64.1 Å². The standard InChI is InChI=1S/C21H22BrN3/c1-2-15-7-3-4-9-19(15)25-21-18(8-5-6-14-23-21)20(24-25)16-10-12-17(22)13-11-16/h3-4,7,9-13,23H,2,5-6,8,14H2,1H3. The molecule has 2 aromatic carbocycles. The molecule has 1 aliphatic rings. The lowest BCUT2D eigenvalue weighted by atomic mass is 10.0. The van der Waals surface area contributed by atoms with Crippen LogP contribution in [0.15, 0.2) is 53.0 Å². The number of hydrogen-bond donors (Lipinski definition) is 1. The van der Waals surface area contributed by atoms with Crippen molar-refractivity contribution < 1.29 is 0 Å². The molecule has 1 aromatic heterocycles. The van der Waals surface area contributed by atoms with Gasteiger partial charge in [-0.3, -0.25) is 0 Å². The van der Waals surface area contributed by atoms with Crippen molar-refractivity contribution in [1.29, 1.82) is 0 Å². The van der Waals surface area contributed by atoms with E-state index in [4.69, 9.17) is 5.10 Å². The predicted octanol–water partition coefficient (Wildman–Crippen LogP) is 5.61. The van der Waals surface area contributed by atoms with Crippen LogP contribution in [0, 0.1) is 0 Å². The summed E-state index contributed by atoms with van der Waals surface area (Å²) in [7, 11) is 0. The summed E-state index contributed by atoms with van der Waals surface area (Å²) in [6.45, 7) is 3.21. The Bertz CT molecular complexity index is 881. The molecule has 2 heterocycles. The fourth-order valence-corrected chi connectivity index (χ4v) is 3.80. The number of hydrogen-bond acceptors (Lipinski definition) is 2. The summed E-state index contributed by atoms with van der Waals surface area (Å²) in [5.41, 5.74) is 6.12. The first-order valence-electron chi connectivity index (χ1n) is 8.98. The molecule has 0 unspecified atom stereocenters. The van der Waals surface area contributed by atoms with E-state index in [0.29, 0.717) is 0 Å². The van der Waals surface area contributed by atoms with Gasteiger partial charge < -0.3 is 5.32 Å². The molecule has 1 aliphatic heterocycles. The molecule has 0 fully saturated rings. The van der Waals surface area contributed by atoms with Gasteiger partial charge in [-0.25, -0.2) is 4.68 Å². The maximum Gasteiger partial charge on any atom is 0.133 e. The number of halogens is 1. The summed E-state index contributed by atoms with van der Waals surface area (Å²) < 4.78 is 3.22. The summed E-state index contributed by atoms with van der Waals surface area (Å²) >= 11 is 3.53. The van der Waals surface area contributed by atoms with Gasteiger partial charge in [-0.05, 0) is 49.4 Å². The molecule has 0 atom stereocenters. The molecule has 128 valence electrons. The van der Waals surface area contributed by atoms with Crippen LogP contribution in [0.2, 0.25) is 0 Å². The highest BCUT2D eigenvalue weighted by Gasteiger charge is 2.22. The fraction of sp³-hybridized carbons (Fsp3) is 0.286. The van der Waals surface area contributed by atoms with E-state index in [1.165, 1.54) is 35.2 Å². The number of para-hydroxylation sites is 1.